The van der Waals surface area contributed by atoms with Crippen LogP contribution in [0, 0.1) is 0 Å². The molecule has 2 saturated heterocycles. The monoisotopic (exact) mass is 288 g/mol. The normalized spacial score (nSPS) is 27.5. The molecule has 2 unspecified atom stereocenters. The van der Waals surface area contributed by atoms with Gasteiger partial charge in [-0.25, -0.2) is 0 Å². The van der Waals surface area contributed by atoms with Crippen molar-refractivity contribution >= 4 is 0 Å². The molecule has 0 aliphatic carbocycles. The van der Waals surface area contributed by atoms with Crippen LogP contribution in [-0.2, 0) is 6.42 Å². The number of ether oxygens (including phenoxy) is 1. The van der Waals surface area contributed by atoms with Gasteiger partial charge in [0.2, 0.25) is 0 Å². The molecule has 2 fully saturated rings. The van der Waals surface area contributed by atoms with E-state index in [0.29, 0.717) is 12.1 Å². The fraction of sp³-hybridized carbons (Fsp3) is 0.667. The van der Waals surface area contributed by atoms with Gasteiger partial charge in [-0.15, -0.1) is 0 Å². The topological polar surface area (TPSA) is 24.5 Å². The first-order valence-electron chi connectivity index (χ1n) is 8.47. The first-order valence-corrected chi connectivity index (χ1v) is 8.47. The molecule has 21 heavy (non-hydrogen) atoms. The van der Waals surface area contributed by atoms with Crippen LogP contribution in [0.3, 0.4) is 0 Å². The fourth-order valence-corrected chi connectivity index (χ4v) is 3.54. The molecule has 3 rings (SSSR count). The molecule has 1 N–H and O–H groups in total. The van der Waals surface area contributed by atoms with Crippen molar-refractivity contribution in [2.75, 3.05) is 26.7 Å². The van der Waals surface area contributed by atoms with Gasteiger partial charge in [0.25, 0.3) is 0 Å². The lowest BCUT2D eigenvalue weighted by molar-refractivity contribution is 0.104. The number of likely N-dealkylation sites (tertiary alicyclic amines) is 1. The van der Waals surface area contributed by atoms with Gasteiger partial charge >= 0.3 is 0 Å². The quantitative estimate of drug-likeness (QED) is 0.922. The van der Waals surface area contributed by atoms with Crippen molar-refractivity contribution in [3.05, 3.63) is 29.8 Å². The molecule has 2 atom stereocenters. The standard InChI is InChI=1S/C18H28N2O/c1-20-11-5-9-18(14-20)21-17-8-4-6-15(13-17)12-16-7-2-3-10-19-16/h4,6,8,13,16,18-19H,2-3,5,7,9-12,14H2,1H3. The summed E-state index contributed by atoms with van der Waals surface area (Å²) in [4.78, 5) is 2.37. The number of hydrogen-bond acceptors (Lipinski definition) is 3. The van der Waals surface area contributed by atoms with Crippen molar-refractivity contribution in [2.45, 2.75) is 50.7 Å². The van der Waals surface area contributed by atoms with Crippen molar-refractivity contribution in [2.24, 2.45) is 0 Å². The summed E-state index contributed by atoms with van der Waals surface area (Å²) in [5, 5.41) is 3.63. The Bertz CT molecular complexity index is 443. The Labute approximate surface area is 128 Å². The first kappa shape index (κ1) is 14.9. The lowest BCUT2D eigenvalue weighted by Crippen LogP contribution is -2.38. The molecule has 0 bridgehead atoms. The Morgan fingerprint density at radius 3 is 3.00 bits per heavy atom. The molecular weight excluding hydrogens is 260 g/mol. The Morgan fingerprint density at radius 1 is 1.24 bits per heavy atom. The molecule has 0 spiro atoms. The van der Waals surface area contributed by atoms with Gasteiger partial charge in [-0.1, -0.05) is 18.6 Å². The summed E-state index contributed by atoms with van der Waals surface area (Å²) in [6, 6.07) is 9.36. The molecule has 3 nitrogen and oxygen atoms in total. The highest BCUT2D eigenvalue weighted by Gasteiger charge is 2.19. The average Bonchev–Trinajstić information content (AvgIpc) is 2.49. The van der Waals surface area contributed by atoms with E-state index in [1.807, 2.05) is 0 Å². The molecule has 0 amide bonds. The van der Waals surface area contributed by atoms with E-state index in [1.165, 1.54) is 50.8 Å². The zero-order valence-electron chi connectivity index (χ0n) is 13.2. The smallest absolute Gasteiger partial charge is 0.120 e. The van der Waals surface area contributed by atoms with Crippen LogP contribution in [0.15, 0.2) is 24.3 Å². The third-order valence-corrected chi connectivity index (χ3v) is 4.68. The molecule has 2 aliphatic rings. The Balaban J connectivity index is 1.57. The summed E-state index contributed by atoms with van der Waals surface area (Å²) in [5.41, 5.74) is 1.40. The van der Waals surface area contributed by atoms with Crippen molar-refractivity contribution in [1.29, 1.82) is 0 Å². The van der Waals surface area contributed by atoms with E-state index in [0.717, 1.165) is 18.7 Å². The minimum absolute atomic E-state index is 0.354. The van der Waals surface area contributed by atoms with Crippen LogP contribution in [0.4, 0.5) is 0 Å². The highest BCUT2D eigenvalue weighted by atomic mass is 16.5. The van der Waals surface area contributed by atoms with E-state index in [2.05, 4.69) is 41.5 Å². The van der Waals surface area contributed by atoms with Crippen LogP contribution in [-0.4, -0.2) is 43.7 Å². The van der Waals surface area contributed by atoms with Gasteiger partial charge < -0.3 is 15.0 Å². The van der Waals surface area contributed by atoms with Gasteiger partial charge in [0.15, 0.2) is 0 Å². The van der Waals surface area contributed by atoms with E-state index in [1.54, 1.807) is 0 Å². The van der Waals surface area contributed by atoms with E-state index >= 15 is 0 Å². The number of hydrogen-bond donors (Lipinski definition) is 1. The third kappa shape index (κ3) is 4.45. The highest BCUT2D eigenvalue weighted by Crippen LogP contribution is 2.21. The molecule has 2 aliphatic heterocycles. The van der Waals surface area contributed by atoms with E-state index in [9.17, 15) is 0 Å². The third-order valence-electron chi connectivity index (χ3n) is 4.68. The maximum atomic E-state index is 6.19. The SMILES string of the molecule is CN1CCCC(Oc2cccc(CC3CCCCN3)c2)C1. The second-order valence-electron chi connectivity index (χ2n) is 6.64. The molecule has 0 radical (unpaired) electrons. The number of nitrogens with zero attached hydrogens (tertiary/aromatic N) is 1. The van der Waals surface area contributed by atoms with Crippen LogP contribution in [0.5, 0.6) is 5.75 Å². The predicted octanol–water partition coefficient (Wildman–Crippen LogP) is 2.84. The Hall–Kier alpha value is -1.06. The van der Waals surface area contributed by atoms with Crippen LogP contribution in [0.25, 0.3) is 0 Å². The minimum atomic E-state index is 0.354. The molecular formula is C18H28N2O. The van der Waals surface area contributed by atoms with Crippen molar-refractivity contribution in [3.63, 3.8) is 0 Å². The molecule has 2 heterocycles. The van der Waals surface area contributed by atoms with Gasteiger partial charge in [0.05, 0.1) is 0 Å². The number of nitrogens with one attached hydrogen (secondary N) is 1. The van der Waals surface area contributed by atoms with Crippen molar-refractivity contribution in [3.8, 4) is 5.75 Å². The van der Waals surface area contributed by atoms with Gasteiger partial charge in [-0.2, -0.15) is 0 Å². The summed E-state index contributed by atoms with van der Waals surface area (Å²) in [6.07, 6.45) is 7.90. The number of rotatable bonds is 4. The molecule has 0 aromatic heterocycles. The van der Waals surface area contributed by atoms with Crippen LogP contribution in [0.1, 0.15) is 37.7 Å². The second-order valence-corrected chi connectivity index (χ2v) is 6.64. The maximum Gasteiger partial charge on any atom is 0.120 e. The molecule has 1 aromatic carbocycles. The number of benzene rings is 1. The summed E-state index contributed by atoms with van der Waals surface area (Å²) in [7, 11) is 2.18. The Morgan fingerprint density at radius 2 is 2.19 bits per heavy atom. The molecule has 1 aromatic rings. The van der Waals surface area contributed by atoms with Crippen LogP contribution < -0.4 is 10.1 Å². The largest absolute Gasteiger partial charge is 0.489 e. The van der Waals surface area contributed by atoms with E-state index < -0.39 is 0 Å². The second kappa shape index (κ2) is 7.28. The van der Waals surface area contributed by atoms with Crippen LogP contribution in [0.2, 0.25) is 0 Å². The first-order chi connectivity index (χ1) is 10.3. The maximum absolute atomic E-state index is 6.19. The Kier molecular flexibility index (Phi) is 5.15. The van der Waals surface area contributed by atoms with Crippen LogP contribution >= 0.6 is 0 Å². The van der Waals surface area contributed by atoms with E-state index in [4.69, 9.17) is 4.74 Å². The summed E-state index contributed by atoms with van der Waals surface area (Å²) in [6.45, 7) is 3.43. The summed E-state index contributed by atoms with van der Waals surface area (Å²) < 4.78 is 6.19. The van der Waals surface area contributed by atoms with Crippen molar-refractivity contribution in [1.82, 2.24) is 10.2 Å². The average molecular weight is 288 g/mol. The zero-order chi connectivity index (χ0) is 14.5. The predicted molar refractivity (Wildman–Crippen MR) is 86.9 cm³/mol. The van der Waals surface area contributed by atoms with Crippen molar-refractivity contribution < 1.29 is 4.74 Å². The van der Waals surface area contributed by atoms with Gasteiger partial charge in [-0.05, 0) is 69.9 Å². The minimum Gasteiger partial charge on any atom is -0.489 e. The molecule has 116 valence electrons. The molecule has 0 saturated carbocycles. The fourth-order valence-electron chi connectivity index (χ4n) is 3.54. The van der Waals surface area contributed by atoms with Gasteiger partial charge in [-0.3, -0.25) is 0 Å². The van der Waals surface area contributed by atoms with Gasteiger partial charge in [0, 0.05) is 12.6 Å². The summed E-state index contributed by atoms with van der Waals surface area (Å²) >= 11 is 0. The summed E-state index contributed by atoms with van der Waals surface area (Å²) in [5.74, 6) is 1.05. The lowest BCUT2D eigenvalue weighted by atomic mass is 9.98. The molecule has 3 heteroatoms. The highest BCUT2D eigenvalue weighted by molar-refractivity contribution is 5.29. The number of likely N-dealkylation sites (N-methyl/N-ethyl adjacent to an activating group) is 1. The lowest BCUT2D eigenvalue weighted by Gasteiger charge is -2.30. The number of piperidine rings is 2. The zero-order valence-corrected chi connectivity index (χ0v) is 13.2. The van der Waals surface area contributed by atoms with Gasteiger partial charge in [0.1, 0.15) is 11.9 Å². The van der Waals surface area contributed by atoms with E-state index in [-0.39, 0.29) is 0 Å².